The molecular weight excluding hydrogens is 228 g/mol. The van der Waals surface area contributed by atoms with Gasteiger partial charge in [-0.25, -0.2) is 0 Å². The molecule has 0 bridgehead atoms. The van der Waals surface area contributed by atoms with Crippen LogP contribution in [0.2, 0.25) is 0 Å². The first-order valence-corrected chi connectivity index (χ1v) is 6.91. The predicted octanol–water partition coefficient (Wildman–Crippen LogP) is 2.16. The molecule has 0 fully saturated rings. The van der Waals surface area contributed by atoms with Gasteiger partial charge in [0, 0.05) is 19.5 Å². The third-order valence-electron chi connectivity index (χ3n) is 2.55. The minimum Gasteiger partial charge on any atom is -0.356 e. The van der Waals surface area contributed by atoms with Crippen molar-refractivity contribution in [2.24, 2.45) is 0 Å². The maximum Gasteiger partial charge on any atom is 0.243 e. The number of hydrogen-bond donors (Lipinski definition) is 2. The zero-order valence-corrected chi connectivity index (χ0v) is 11.6. The Morgan fingerprint density at radius 2 is 1.56 bits per heavy atom. The van der Waals surface area contributed by atoms with Gasteiger partial charge >= 0.3 is 0 Å². The van der Waals surface area contributed by atoms with Crippen LogP contribution in [-0.2, 0) is 9.59 Å². The Hall–Kier alpha value is -1.32. The molecule has 2 amide bonds. The number of rotatable bonds is 10. The zero-order chi connectivity index (χ0) is 13.6. The fourth-order valence-corrected chi connectivity index (χ4v) is 1.45. The summed E-state index contributed by atoms with van der Waals surface area (Å²) in [6.45, 7) is 5.35. The van der Waals surface area contributed by atoms with E-state index in [0.717, 1.165) is 45.2 Å². The van der Waals surface area contributed by atoms with Crippen LogP contribution in [0.3, 0.4) is 0 Å². The van der Waals surface area contributed by atoms with Crippen molar-refractivity contribution in [3.63, 3.8) is 0 Å². The van der Waals surface area contributed by atoms with E-state index in [1.165, 1.54) is 0 Å². The summed E-state index contributed by atoms with van der Waals surface area (Å²) >= 11 is 0. The summed E-state index contributed by atoms with van der Waals surface area (Å²) in [6, 6.07) is 0. The fourth-order valence-electron chi connectivity index (χ4n) is 1.45. The molecule has 0 spiro atoms. The van der Waals surface area contributed by atoms with Gasteiger partial charge in [0.15, 0.2) is 0 Å². The lowest BCUT2D eigenvalue weighted by atomic mass is 10.2. The Labute approximate surface area is 110 Å². The first kappa shape index (κ1) is 16.7. The molecule has 0 radical (unpaired) electrons. The Morgan fingerprint density at radius 3 is 2.11 bits per heavy atom. The molecule has 0 rings (SSSR count). The lowest BCUT2D eigenvalue weighted by Crippen LogP contribution is -2.23. The summed E-state index contributed by atoms with van der Waals surface area (Å²) in [6.07, 6.45) is 9.05. The van der Waals surface area contributed by atoms with E-state index in [1.54, 1.807) is 6.08 Å². The molecule has 0 saturated heterocycles. The van der Waals surface area contributed by atoms with Gasteiger partial charge in [-0.05, 0) is 25.3 Å². The highest BCUT2D eigenvalue weighted by Crippen LogP contribution is 1.98. The van der Waals surface area contributed by atoms with Gasteiger partial charge in [-0.15, -0.1) is 0 Å². The first-order valence-electron chi connectivity index (χ1n) is 6.91. The molecule has 0 saturated carbocycles. The molecule has 0 aromatic carbocycles. The normalized spacial score (nSPS) is 10.6. The average Bonchev–Trinajstić information content (AvgIpc) is 2.38. The first-order chi connectivity index (χ1) is 8.70. The molecule has 0 aliphatic carbocycles. The van der Waals surface area contributed by atoms with Gasteiger partial charge in [0.2, 0.25) is 11.8 Å². The van der Waals surface area contributed by atoms with E-state index >= 15 is 0 Å². The van der Waals surface area contributed by atoms with Gasteiger partial charge in [0.05, 0.1) is 0 Å². The van der Waals surface area contributed by atoms with Crippen molar-refractivity contribution in [1.29, 1.82) is 0 Å². The van der Waals surface area contributed by atoms with Crippen LogP contribution in [0, 0.1) is 0 Å². The van der Waals surface area contributed by atoms with E-state index in [0.29, 0.717) is 6.42 Å². The van der Waals surface area contributed by atoms with Crippen LogP contribution in [-0.4, -0.2) is 24.9 Å². The summed E-state index contributed by atoms with van der Waals surface area (Å²) in [5.74, 6) is 0.108. The van der Waals surface area contributed by atoms with Crippen molar-refractivity contribution >= 4 is 11.8 Å². The van der Waals surface area contributed by atoms with Gasteiger partial charge in [0.1, 0.15) is 0 Å². The minimum absolute atomic E-state index is 0.00735. The van der Waals surface area contributed by atoms with Crippen LogP contribution in [0.15, 0.2) is 12.2 Å². The highest BCUT2D eigenvalue weighted by Gasteiger charge is 1.96. The molecule has 2 N–H and O–H groups in total. The van der Waals surface area contributed by atoms with Crippen LogP contribution in [0.25, 0.3) is 0 Å². The molecule has 0 aromatic rings. The van der Waals surface area contributed by atoms with E-state index in [9.17, 15) is 9.59 Å². The van der Waals surface area contributed by atoms with Gasteiger partial charge in [-0.1, -0.05) is 32.8 Å². The molecule has 0 aromatic heterocycles. The van der Waals surface area contributed by atoms with E-state index < -0.39 is 0 Å². The standard InChI is InChI=1S/C14H26N2O2/c1-3-5-10-14(18)16-12-9-7-6-8-11-15-13(17)4-2/h5,10H,3-4,6-9,11-12H2,1-2H3,(H,15,17)(H,16,18)/b10-5+. The number of hydrogen-bond acceptors (Lipinski definition) is 2. The SMILES string of the molecule is CC/C=C/C(=O)NCCCCCCNC(=O)CC. The Bertz CT molecular complexity index is 263. The van der Waals surface area contributed by atoms with Gasteiger partial charge in [-0.3, -0.25) is 9.59 Å². The second-order valence-corrected chi connectivity index (χ2v) is 4.22. The maximum atomic E-state index is 11.2. The zero-order valence-electron chi connectivity index (χ0n) is 11.6. The van der Waals surface area contributed by atoms with Crippen molar-refractivity contribution < 1.29 is 9.59 Å². The van der Waals surface area contributed by atoms with E-state index in [4.69, 9.17) is 0 Å². The van der Waals surface area contributed by atoms with Crippen molar-refractivity contribution in [3.05, 3.63) is 12.2 Å². The number of carbonyl (C=O) groups excluding carboxylic acids is 2. The lowest BCUT2D eigenvalue weighted by molar-refractivity contribution is -0.120. The molecule has 0 atom stereocenters. The van der Waals surface area contributed by atoms with Crippen molar-refractivity contribution in [2.75, 3.05) is 13.1 Å². The number of allylic oxidation sites excluding steroid dienone is 1. The summed E-state index contributed by atoms with van der Waals surface area (Å²) in [5, 5.41) is 5.69. The summed E-state index contributed by atoms with van der Waals surface area (Å²) in [4.78, 5) is 22.1. The second kappa shape index (κ2) is 12.1. The number of unbranched alkanes of at least 4 members (excludes halogenated alkanes) is 3. The van der Waals surface area contributed by atoms with E-state index in [1.807, 2.05) is 19.9 Å². The molecule has 4 nitrogen and oxygen atoms in total. The maximum absolute atomic E-state index is 11.2. The van der Waals surface area contributed by atoms with Gasteiger partial charge in [0.25, 0.3) is 0 Å². The van der Waals surface area contributed by atoms with Crippen LogP contribution in [0.5, 0.6) is 0 Å². The molecule has 0 aliphatic rings. The van der Waals surface area contributed by atoms with Crippen LogP contribution >= 0.6 is 0 Å². The third-order valence-corrected chi connectivity index (χ3v) is 2.55. The topological polar surface area (TPSA) is 58.2 Å². The van der Waals surface area contributed by atoms with Crippen molar-refractivity contribution in [3.8, 4) is 0 Å². The fraction of sp³-hybridized carbons (Fsp3) is 0.714. The number of carbonyl (C=O) groups is 2. The Morgan fingerprint density at radius 1 is 0.944 bits per heavy atom. The summed E-state index contributed by atoms with van der Waals surface area (Å²) < 4.78 is 0. The predicted molar refractivity (Wildman–Crippen MR) is 74.2 cm³/mol. The molecule has 104 valence electrons. The molecule has 0 unspecified atom stereocenters. The summed E-state index contributed by atoms with van der Waals surface area (Å²) in [5.41, 5.74) is 0. The Kier molecular flexibility index (Phi) is 11.3. The van der Waals surface area contributed by atoms with Crippen LogP contribution in [0.1, 0.15) is 52.4 Å². The average molecular weight is 254 g/mol. The van der Waals surface area contributed by atoms with Crippen molar-refractivity contribution in [2.45, 2.75) is 52.4 Å². The van der Waals surface area contributed by atoms with Crippen LogP contribution < -0.4 is 10.6 Å². The molecule has 0 heterocycles. The van der Waals surface area contributed by atoms with Crippen LogP contribution in [0.4, 0.5) is 0 Å². The minimum atomic E-state index is -0.00735. The number of amides is 2. The molecule has 4 heteroatoms. The largest absolute Gasteiger partial charge is 0.356 e. The summed E-state index contributed by atoms with van der Waals surface area (Å²) in [7, 11) is 0. The third kappa shape index (κ3) is 11.2. The van der Waals surface area contributed by atoms with E-state index in [-0.39, 0.29) is 11.8 Å². The smallest absolute Gasteiger partial charge is 0.243 e. The van der Waals surface area contributed by atoms with Gasteiger partial charge < -0.3 is 10.6 Å². The van der Waals surface area contributed by atoms with E-state index in [2.05, 4.69) is 10.6 Å². The van der Waals surface area contributed by atoms with Gasteiger partial charge in [-0.2, -0.15) is 0 Å². The Balaban J connectivity index is 3.23. The molecule has 0 aliphatic heterocycles. The highest BCUT2D eigenvalue weighted by atomic mass is 16.2. The molecule has 18 heavy (non-hydrogen) atoms. The highest BCUT2D eigenvalue weighted by molar-refractivity contribution is 5.87. The lowest BCUT2D eigenvalue weighted by Gasteiger charge is -2.04. The van der Waals surface area contributed by atoms with Crippen molar-refractivity contribution in [1.82, 2.24) is 10.6 Å². The quantitative estimate of drug-likeness (QED) is 0.463. The number of nitrogens with one attached hydrogen (secondary N) is 2. The second-order valence-electron chi connectivity index (χ2n) is 4.22. The monoisotopic (exact) mass is 254 g/mol. The molecular formula is C14H26N2O2.